The smallest absolute Gasteiger partial charge is 0.0733 e. The Morgan fingerprint density at radius 1 is 0.714 bits per heavy atom. The quantitative estimate of drug-likeness (QED) is 0.493. The molecule has 0 aliphatic rings. The van der Waals surface area contributed by atoms with Gasteiger partial charge in [0.05, 0.1) is 6.10 Å². The van der Waals surface area contributed by atoms with Gasteiger partial charge in [-0.25, -0.2) is 0 Å². The lowest BCUT2D eigenvalue weighted by atomic mass is 9.96. The van der Waals surface area contributed by atoms with Gasteiger partial charge in [0.15, 0.2) is 0 Å². The molecule has 2 nitrogen and oxygen atoms in total. The van der Waals surface area contributed by atoms with Crippen LogP contribution in [0.2, 0.25) is 0 Å². The molecule has 2 heteroatoms. The zero-order valence-corrected chi connectivity index (χ0v) is 16.3. The molecule has 0 fully saturated rings. The fraction of sp³-hybridized carbons (Fsp3) is 0.231. The molecule has 0 radical (unpaired) electrons. The molecule has 0 saturated carbocycles. The standard InChI is InChI=1S/C26H29NO/c1-2-12-26(28)25(19-22-13-6-3-7-14-22)27(20-23-15-8-4-9-16-23)21-24-17-10-5-11-18-24/h2-11,13-18,25-26,28H,1,12,19-21H2/t25-,26-/m0/s1. The number of hydrogen-bond donors (Lipinski definition) is 1. The van der Waals surface area contributed by atoms with E-state index in [9.17, 15) is 5.11 Å². The molecule has 28 heavy (non-hydrogen) atoms. The first-order valence-corrected chi connectivity index (χ1v) is 9.91. The van der Waals surface area contributed by atoms with Crippen LogP contribution in [0.15, 0.2) is 104 Å². The van der Waals surface area contributed by atoms with E-state index in [1.807, 2.05) is 24.3 Å². The van der Waals surface area contributed by atoms with Crippen LogP contribution in [0.25, 0.3) is 0 Å². The predicted octanol–water partition coefficient (Wildman–Crippen LogP) is 5.24. The fourth-order valence-electron chi connectivity index (χ4n) is 3.62. The van der Waals surface area contributed by atoms with Crippen LogP contribution in [0.4, 0.5) is 0 Å². The van der Waals surface area contributed by atoms with Gasteiger partial charge in [0.2, 0.25) is 0 Å². The van der Waals surface area contributed by atoms with Crippen molar-refractivity contribution in [2.75, 3.05) is 0 Å². The number of nitrogens with zero attached hydrogens (tertiary/aromatic N) is 1. The zero-order valence-electron chi connectivity index (χ0n) is 16.3. The molecular formula is C26H29NO. The summed E-state index contributed by atoms with van der Waals surface area (Å²) < 4.78 is 0. The van der Waals surface area contributed by atoms with Crippen LogP contribution in [-0.4, -0.2) is 22.2 Å². The molecule has 1 N–H and O–H groups in total. The lowest BCUT2D eigenvalue weighted by molar-refractivity contribution is 0.0411. The van der Waals surface area contributed by atoms with Crippen LogP contribution < -0.4 is 0 Å². The van der Waals surface area contributed by atoms with Gasteiger partial charge in [-0.3, -0.25) is 4.90 Å². The van der Waals surface area contributed by atoms with Gasteiger partial charge < -0.3 is 5.11 Å². The molecular weight excluding hydrogens is 342 g/mol. The molecule has 0 aromatic heterocycles. The van der Waals surface area contributed by atoms with Crippen LogP contribution in [0.3, 0.4) is 0 Å². The molecule has 0 bridgehead atoms. The van der Waals surface area contributed by atoms with E-state index in [1.165, 1.54) is 16.7 Å². The van der Waals surface area contributed by atoms with Gasteiger partial charge in [0.1, 0.15) is 0 Å². The Morgan fingerprint density at radius 3 is 1.57 bits per heavy atom. The van der Waals surface area contributed by atoms with Gasteiger partial charge in [0, 0.05) is 19.1 Å². The Bertz CT molecular complexity index is 775. The molecule has 0 aliphatic carbocycles. The Hall–Kier alpha value is -2.68. The highest BCUT2D eigenvalue weighted by Crippen LogP contribution is 2.21. The first-order valence-electron chi connectivity index (χ1n) is 9.91. The average Bonchev–Trinajstić information content (AvgIpc) is 2.74. The first-order chi connectivity index (χ1) is 13.8. The van der Waals surface area contributed by atoms with E-state index in [2.05, 4.69) is 84.3 Å². The number of rotatable bonds is 10. The van der Waals surface area contributed by atoms with Crippen molar-refractivity contribution in [3.63, 3.8) is 0 Å². The van der Waals surface area contributed by atoms with Crippen LogP contribution in [-0.2, 0) is 19.5 Å². The monoisotopic (exact) mass is 371 g/mol. The van der Waals surface area contributed by atoms with Gasteiger partial charge in [0.25, 0.3) is 0 Å². The highest BCUT2D eigenvalue weighted by molar-refractivity contribution is 5.20. The number of aliphatic hydroxyl groups is 1. The third kappa shape index (κ3) is 5.91. The fourth-order valence-corrected chi connectivity index (χ4v) is 3.62. The predicted molar refractivity (Wildman–Crippen MR) is 117 cm³/mol. The molecule has 3 rings (SSSR count). The van der Waals surface area contributed by atoms with Gasteiger partial charge in [-0.2, -0.15) is 0 Å². The zero-order chi connectivity index (χ0) is 19.6. The van der Waals surface area contributed by atoms with E-state index in [0.29, 0.717) is 6.42 Å². The van der Waals surface area contributed by atoms with Gasteiger partial charge in [-0.05, 0) is 29.5 Å². The van der Waals surface area contributed by atoms with Crippen molar-refractivity contribution in [1.82, 2.24) is 4.90 Å². The van der Waals surface area contributed by atoms with E-state index in [0.717, 1.165) is 19.5 Å². The molecule has 3 aromatic rings. The normalized spacial score (nSPS) is 13.2. The van der Waals surface area contributed by atoms with Gasteiger partial charge in [-0.1, -0.05) is 97.1 Å². The van der Waals surface area contributed by atoms with Crippen molar-refractivity contribution in [3.8, 4) is 0 Å². The second kappa shape index (κ2) is 10.6. The van der Waals surface area contributed by atoms with Crippen molar-refractivity contribution in [3.05, 3.63) is 120 Å². The van der Waals surface area contributed by atoms with Crippen molar-refractivity contribution in [2.45, 2.75) is 38.1 Å². The van der Waals surface area contributed by atoms with E-state index < -0.39 is 6.10 Å². The number of hydrogen-bond acceptors (Lipinski definition) is 2. The molecule has 0 heterocycles. The number of aliphatic hydroxyl groups excluding tert-OH is 1. The van der Waals surface area contributed by atoms with Crippen molar-refractivity contribution in [1.29, 1.82) is 0 Å². The molecule has 0 aliphatic heterocycles. The summed E-state index contributed by atoms with van der Waals surface area (Å²) in [4.78, 5) is 2.39. The van der Waals surface area contributed by atoms with Gasteiger partial charge in [-0.15, -0.1) is 6.58 Å². The summed E-state index contributed by atoms with van der Waals surface area (Å²) >= 11 is 0. The summed E-state index contributed by atoms with van der Waals surface area (Å²) in [6, 6.07) is 31.4. The first kappa shape index (κ1) is 20.1. The van der Waals surface area contributed by atoms with Crippen molar-refractivity contribution in [2.24, 2.45) is 0 Å². The maximum atomic E-state index is 11.0. The van der Waals surface area contributed by atoms with Gasteiger partial charge >= 0.3 is 0 Å². The Kier molecular flexibility index (Phi) is 7.60. The molecule has 2 atom stereocenters. The van der Waals surface area contributed by atoms with Crippen LogP contribution in [0.5, 0.6) is 0 Å². The third-order valence-corrected chi connectivity index (χ3v) is 5.07. The topological polar surface area (TPSA) is 23.5 Å². The van der Waals surface area contributed by atoms with E-state index >= 15 is 0 Å². The minimum Gasteiger partial charge on any atom is -0.391 e. The molecule has 0 spiro atoms. The maximum absolute atomic E-state index is 11.0. The maximum Gasteiger partial charge on any atom is 0.0733 e. The Morgan fingerprint density at radius 2 is 1.14 bits per heavy atom. The van der Waals surface area contributed by atoms with E-state index in [1.54, 1.807) is 0 Å². The summed E-state index contributed by atoms with van der Waals surface area (Å²) in [6.07, 6.45) is 2.73. The summed E-state index contributed by atoms with van der Waals surface area (Å²) in [6.45, 7) is 5.43. The average molecular weight is 372 g/mol. The van der Waals surface area contributed by atoms with E-state index in [-0.39, 0.29) is 6.04 Å². The Balaban J connectivity index is 1.90. The second-order valence-corrected chi connectivity index (χ2v) is 7.22. The minimum absolute atomic E-state index is 0.000752. The molecule has 144 valence electrons. The molecule has 0 saturated heterocycles. The molecule has 3 aromatic carbocycles. The highest BCUT2D eigenvalue weighted by atomic mass is 16.3. The van der Waals surface area contributed by atoms with Crippen LogP contribution in [0.1, 0.15) is 23.1 Å². The summed E-state index contributed by atoms with van der Waals surface area (Å²) in [5, 5.41) is 11.0. The highest BCUT2D eigenvalue weighted by Gasteiger charge is 2.26. The van der Waals surface area contributed by atoms with Crippen LogP contribution >= 0.6 is 0 Å². The lowest BCUT2D eigenvalue weighted by Crippen LogP contribution is -2.44. The van der Waals surface area contributed by atoms with Crippen molar-refractivity contribution < 1.29 is 5.11 Å². The summed E-state index contributed by atoms with van der Waals surface area (Å²) in [7, 11) is 0. The summed E-state index contributed by atoms with van der Waals surface area (Å²) in [5.41, 5.74) is 3.74. The third-order valence-electron chi connectivity index (χ3n) is 5.07. The van der Waals surface area contributed by atoms with E-state index in [4.69, 9.17) is 0 Å². The number of benzene rings is 3. The molecule has 0 amide bonds. The second-order valence-electron chi connectivity index (χ2n) is 7.22. The van der Waals surface area contributed by atoms with Crippen molar-refractivity contribution >= 4 is 0 Å². The SMILES string of the molecule is C=CC[C@H](O)[C@H](Cc1ccccc1)N(Cc1ccccc1)Cc1ccccc1. The van der Waals surface area contributed by atoms with Crippen LogP contribution in [0, 0.1) is 0 Å². The largest absolute Gasteiger partial charge is 0.391 e. The lowest BCUT2D eigenvalue weighted by Gasteiger charge is -2.35. The minimum atomic E-state index is -0.467. The summed E-state index contributed by atoms with van der Waals surface area (Å²) in [5.74, 6) is 0. The Labute approximate surface area is 168 Å². The molecule has 0 unspecified atom stereocenters.